The summed E-state index contributed by atoms with van der Waals surface area (Å²) in [6.07, 6.45) is 0.839. The second-order valence-corrected chi connectivity index (χ2v) is 9.12. The highest BCUT2D eigenvalue weighted by Gasteiger charge is 2.29. The number of carbonyl (C=O) groups excluding carboxylic acids is 2. The number of hydrogen-bond acceptors (Lipinski definition) is 2. The van der Waals surface area contributed by atoms with Crippen LogP contribution in [-0.4, -0.2) is 29.9 Å². The fraction of sp³-hybridized carbons (Fsp3) is 0.231. The highest BCUT2D eigenvalue weighted by Crippen LogP contribution is 2.31. The van der Waals surface area contributed by atoms with E-state index in [1.807, 2.05) is 55.1 Å². The molecule has 0 unspecified atom stereocenters. The molecule has 33 heavy (non-hydrogen) atoms. The first-order chi connectivity index (χ1) is 15.8. The Balaban J connectivity index is 1.58. The van der Waals surface area contributed by atoms with E-state index in [-0.39, 0.29) is 11.9 Å². The van der Waals surface area contributed by atoms with Gasteiger partial charge >= 0.3 is 6.03 Å². The Morgan fingerprint density at radius 1 is 0.939 bits per heavy atom. The van der Waals surface area contributed by atoms with Crippen molar-refractivity contribution in [2.24, 2.45) is 0 Å². The summed E-state index contributed by atoms with van der Waals surface area (Å²) in [4.78, 5) is 29.9. The third-order valence-electron chi connectivity index (χ3n) is 5.64. The van der Waals surface area contributed by atoms with Crippen LogP contribution in [0.2, 0.25) is 10.0 Å². The molecule has 1 N–H and O–H groups in total. The van der Waals surface area contributed by atoms with Gasteiger partial charge in [-0.2, -0.15) is 0 Å². The predicted octanol–water partition coefficient (Wildman–Crippen LogP) is 6.69. The van der Waals surface area contributed by atoms with Gasteiger partial charge in [0, 0.05) is 25.2 Å². The molecule has 1 fully saturated rings. The van der Waals surface area contributed by atoms with Gasteiger partial charge in [0.1, 0.15) is 0 Å². The van der Waals surface area contributed by atoms with Gasteiger partial charge in [0.2, 0.25) is 0 Å². The smallest absolute Gasteiger partial charge is 0.320 e. The van der Waals surface area contributed by atoms with Crippen molar-refractivity contribution < 1.29 is 9.59 Å². The Labute approximate surface area is 203 Å². The van der Waals surface area contributed by atoms with Crippen LogP contribution in [0.4, 0.5) is 16.2 Å². The van der Waals surface area contributed by atoms with Gasteiger partial charge in [-0.05, 0) is 61.7 Å². The van der Waals surface area contributed by atoms with Crippen molar-refractivity contribution in [2.75, 3.05) is 23.3 Å². The van der Waals surface area contributed by atoms with Gasteiger partial charge in [0.05, 0.1) is 21.4 Å². The Morgan fingerprint density at radius 2 is 1.73 bits per heavy atom. The average molecular weight is 482 g/mol. The number of anilines is 2. The maximum Gasteiger partial charge on any atom is 0.324 e. The summed E-state index contributed by atoms with van der Waals surface area (Å²) in [5, 5.41) is 3.65. The molecule has 0 atom stereocenters. The van der Waals surface area contributed by atoms with Crippen molar-refractivity contribution in [3.63, 3.8) is 0 Å². The summed E-state index contributed by atoms with van der Waals surface area (Å²) < 4.78 is 0. The van der Waals surface area contributed by atoms with Crippen LogP contribution in [0.5, 0.6) is 0 Å². The first-order valence-corrected chi connectivity index (χ1v) is 11.6. The van der Waals surface area contributed by atoms with Crippen molar-refractivity contribution in [3.05, 3.63) is 93.0 Å². The molecule has 0 aromatic heterocycles. The Hall–Kier alpha value is -3.02. The summed E-state index contributed by atoms with van der Waals surface area (Å²) in [7, 11) is 0. The molecule has 7 heteroatoms. The molecule has 0 spiro atoms. The number of urea groups is 1. The number of amides is 3. The summed E-state index contributed by atoms with van der Waals surface area (Å²) >= 11 is 12.1. The van der Waals surface area contributed by atoms with Crippen LogP contribution >= 0.6 is 23.2 Å². The van der Waals surface area contributed by atoms with Crippen LogP contribution in [0.15, 0.2) is 60.7 Å². The molecule has 4 rings (SSSR count). The zero-order valence-corrected chi connectivity index (χ0v) is 20.1. The zero-order valence-electron chi connectivity index (χ0n) is 18.6. The second kappa shape index (κ2) is 9.86. The standard InChI is InChI=1S/C26H25Cl2N3O2/c1-17-5-3-6-19(13-17)16-30-11-4-12-31(26(30)33)24-10-7-18(2)14-23(24)29-25(32)20-8-9-21(27)22(28)15-20/h3,5-10,13-15H,4,11-12,16H2,1-2H3,(H,29,32). The fourth-order valence-corrected chi connectivity index (χ4v) is 4.30. The molecule has 1 aliphatic heterocycles. The molecular formula is C26H25Cl2N3O2. The molecule has 1 heterocycles. The minimum absolute atomic E-state index is 0.0726. The van der Waals surface area contributed by atoms with Crippen LogP contribution in [-0.2, 0) is 6.54 Å². The van der Waals surface area contributed by atoms with E-state index in [1.165, 1.54) is 11.6 Å². The summed E-state index contributed by atoms with van der Waals surface area (Å²) in [5.41, 5.74) is 4.89. The summed E-state index contributed by atoms with van der Waals surface area (Å²) in [6.45, 7) is 5.82. The third-order valence-corrected chi connectivity index (χ3v) is 6.38. The van der Waals surface area contributed by atoms with E-state index >= 15 is 0 Å². The van der Waals surface area contributed by atoms with Crippen molar-refractivity contribution in [1.82, 2.24) is 4.90 Å². The minimum Gasteiger partial charge on any atom is -0.320 e. The van der Waals surface area contributed by atoms with Gasteiger partial charge in [-0.1, -0.05) is 59.1 Å². The van der Waals surface area contributed by atoms with Crippen molar-refractivity contribution in [2.45, 2.75) is 26.8 Å². The summed E-state index contributed by atoms with van der Waals surface area (Å²) in [5.74, 6) is -0.318. The first kappa shape index (κ1) is 23.1. The number of carbonyl (C=O) groups is 2. The lowest BCUT2D eigenvalue weighted by Crippen LogP contribution is -2.49. The number of halogens is 2. The van der Waals surface area contributed by atoms with Gasteiger partial charge in [0.15, 0.2) is 0 Å². The minimum atomic E-state index is -0.318. The highest BCUT2D eigenvalue weighted by atomic mass is 35.5. The molecule has 3 amide bonds. The number of nitrogens with one attached hydrogen (secondary N) is 1. The number of benzene rings is 3. The lowest BCUT2D eigenvalue weighted by atomic mass is 10.1. The molecule has 1 aliphatic rings. The van der Waals surface area contributed by atoms with E-state index in [1.54, 1.807) is 17.0 Å². The number of hydrogen-bond donors (Lipinski definition) is 1. The molecule has 1 saturated heterocycles. The van der Waals surface area contributed by atoms with Gasteiger partial charge in [-0.3, -0.25) is 9.69 Å². The largest absolute Gasteiger partial charge is 0.324 e. The van der Waals surface area contributed by atoms with E-state index in [0.29, 0.717) is 46.6 Å². The molecular weight excluding hydrogens is 457 g/mol. The molecule has 3 aromatic rings. The fourth-order valence-electron chi connectivity index (χ4n) is 4.00. The molecule has 3 aromatic carbocycles. The van der Waals surface area contributed by atoms with Gasteiger partial charge < -0.3 is 10.2 Å². The van der Waals surface area contributed by atoms with Gasteiger partial charge in [0.25, 0.3) is 5.91 Å². The maximum atomic E-state index is 13.4. The number of nitrogens with zero attached hydrogens (tertiary/aromatic N) is 2. The Morgan fingerprint density at radius 3 is 2.48 bits per heavy atom. The van der Waals surface area contributed by atoms with Crippen LogP contribution in [0.25, 0.3) is 0 Å². The Bertz CT molecular complexity index is 1210. The van der Waals surface area contributed by atoms with E-state index in [0.717, 1.165) is 17.5 Å². The average Bonchev–Trinajstić information content (AvgIpc) is 2.78. The second-order valence-electron chi connectivity index (χ2n) is 8.30. The van der Waals surface area contributed by atoms with E-state index in [2.05, 4.69) is 11.4 Å². The zero-order chi connectivity index (χ0) is 23.5. The highest BCUT2D eigenvalue weighted by molar-refractivity contribution is 6.42. The van der Waals surface area contributed by atoms with E-state index in [4.69, 9.17) is 23.2 Å². The summed E-state index contributed by atoms with van der Waals surface area (Å²) in [6, 6.07) is 18.6. The topological polar surface area (TPSA) is 52.6 Å². The number of aryl methyl sites for hydroxylation is 2. The van der Waals surface area contributed by atoms with Crippen molar-refractivity contribution in [1.29, 1.82) is 0 Å². The molecule has 0 aliphatic carbocycles. The SMILES string of the molecule is Cc1cccc(CN2CCCN(c3ccc(C)cc3NC(=O)c3ccc(Cl)c(Cl)c3)C2=O)c1. The first-order valence-electron chi connectivity index (χ1n) is 10.8. The van der Waals surface area contributed by atoms with Crippen molar-refractivity contribution >= 4 is 46.5 Å². The van der Waals surface area contributed by atoms with Crippen LogP contribution in [0.1, 0.15) is 33.5 Å². The molecule has 0 bridgehead atoms. The quantitative estimate of drug-likeness (QED) is 0.440. The van der Waals surface area contributed by atoms with Crippen LogP contribution < -0.4 is 10.2 Å². The van der Waals surface area contributed by atoms with Gasteiger partial charge in [-0.25, -0.2) is 4.79 Å². The maximum absolute atomic E-state index is 13.4. The van der Waals surface area contributed by atoms with Crippen molar-refractivity contribution in [3.8, 4) is 0 Å². The molecule has 5 nitrogen and oxygen atoms in total. The van der Waals surface area contributed by atoms with Crippen LogP contribution in [0.3, 0.4) is 0 Å². The normalized spacial score (nSPS) is 13.9. The molecule has 0 saturated carbocycles. The number of rotatable bonds is 5. The van der Waals surface area contributed by atoms with E-state index < -0.39 is 0 Å². The monoisotopic (exact) mass is 481 g/mol. The predicted molar refractivity (Wildman–Crippen MR) is 135 cm³/mol. The Kier molecular flexibility index (Phi) is 6.91. The third kappa shape index (κ3) is 5.32. The van der Waals surface area contributed by atoms with Crippen LogP contribution in [0, 0.1) is 13.8 Å². The molecule has 0 radical (unpaired) electrons. The lowest BCUT2D eigenvalue weighted by molar-refractivity contribution is 0.102. The lowest BCUT2D eigenvalue weighted by Gasteiger charge is -2.36. The molecule has 170 valence electrons. The van der Waals surface area contributed by atoms with E-state index in [9.17, 15) is 9.59 Å². The van der Waals surface area contributed by atoms with Gasteiger partial charge in [-0.15, -0.1) is 0 Å².